The number of halogens is 5. The molecular weight excluding hydrogens is 456 g/mol. The first-order chi connectivity index (χ1) is 14.7. The Kier molecular flexibility index (Phi) is 5.94. The summed E-state index contributed by atoms with van der Waals surface area (Å²) in [5.41, 5.74) is -1.10. The molecule has 31 heavy (non-hydrogen) atoms. The number of anilines is 1. The number of alkyl halides is 3. The summed E-state index contributed by atoms with van der Waals surface area (Å²) in [5, 5.41) is 10.7. The second kappa shape index (κ2) is 8.51. The fourth-order valence-electron chi connectivity index (χ4n) is 3.04. The molecule has 1 heterocycles. The van der Waals surface area contributed by atoms with Gasteiger partial charge in [-0.3, -0.25) is 9.36 Å². The van der Waals surface area contributed by atoms with Crippen LogP contribution in [0.15, 0.2) is 47.6 Å². The van der Waals surface area contributed by atoms with E-state index in [0.717, 1.165) is 36.7 Å². The second-order valence-electron chi connectivity index (χ2n) is 6.91. The Balaban J connectivity index is 1.51. The van der Waals surface area contributed by atoms with E-state index in [4.69, 9.17) is 11.6 Å². The summed E-state index contributed by atoms with van der Waals surface area (Å²) in [4.78, 5) is 12.3. The Labute approximate surface area is 183 Å². The zero-order valence-electron chi connectivity index (χ0n) is 15.8. The maximum atomic E-state index is 14.2. The number of amides is 1. The van der Waals surface area contributed by atoms with Crippen molar-refractivity contribution in [1.82, 2.24) is 14.8 Å². The quantitative estimate of drug-likeness (QED) is 0.364. The predicted molar refractivity (Wildman–Crippen MR) is 109 cm³/mol. The van der Waals surface area contributed by atoms with Crippen LogP contribution < -0.4 is 5.32 Å². The standard InChI is InChI=1S/C20H15ClF4N4OS/c21-11-5-8-16(14(9-11)20(23,24)25)26-17(30)10-31-19-28-27-18(29(19)12-6-7-12)13-3-1-2-4-15(13)22/h1-5,8-9,12H,6-7,10H2,(H,26,30). The van der Waals surface area contributed by atoms with Gasteiger partial charge in [-0.25, -0.2) is 4.39 Å². The third kappa shape index (κ3) is 4.85. The van der Waals surface area contributed by atoms with Gasteiger partial charge in [0.05, 0.1) is 22.6 Å². The molecule has 1 fully saturated rings. The number of hydrogen-bond donors (Lipinski definition) is 1. The molecule has 3 aromatic rings. The largest absolute Gasteiger partial charge is 0.418 e. The maximum Gasteiger partial charge on any atom is 0.418 e. The minimum atomic E-state index is -4.67. The Morgan fingerprint density at radius 1 is 1.19 bits per heavy atom. The van der Waals surface area contributed by atoms with E-state index in [0.29, 0.717) is 16.5 Å². The molecule has 0 bridgehead atoms. The highest BCUT2D eigenvalue weighted by Gasteiger charge is 2.34. The molecule has 0 radical (unpaired) electrons. The van der Waals surface area contributed by atoms with Crippen molar-refractivity contribution in [2.75, 3.05) is 11.1 Å². The number of benzene rings is 2. The predicted octanol–water partition coefficient (Wildman–Crippen LogP) is 5.82. The van der Waals surface area contributed by atoms with Crippen LogP contribution >= 0.6 is 23.4 Å². The van der Waals surface area contributed by atoms with Crippen molar-refractivity contribution in [1.29, 1.82) is 0 Å². The molecule has 11 heteroatoms. The van der Waals surface area contributed by atoms with Gasteiger partial charge in [0, 0.05) is 11.1 Å². The Morgan fingerprint density at radius 2 is 1.94 bits per heavy atom. The average molecular weight is 471 g/mol. The molecule has 0 unspecified atom stereocenters. The molecule has 162 valence electrons. The summed E-state index contributed by atoms with van der Waals surface area (Å²) in [6.45, 7) is 0. The Hall–Kier alpha value is -2.59. The molecule has 0 atom stereocenters. The number of thioether (sulfide) groups is 1. The van der Waals surface area contributed by atoms with E-state index >= 15 is 0 Å². The lowest BCUT2D eigenvalue weighted by atomic mass is 10.1. The van der Waals surface area contributed by atoms with Gasteiger partial charge in [-0.15, -0.1) is 10.2 Å². The van der Waals surface area contributed by atoms with E-state index in [1.807, 2.05) is 0 Å². The molecule has 1 amide bonds. The van der Waals surface area contributed by atoms with Crippen LogP contribution in [0.3, 0.4) is 0 Å². The van der Waals surface area contributed by atoms with Crippen molar-refractivity contribution >= 4 is 35.0 Å². The monoisotopic (exact) mass is 470 g/mol. The summed E-state index contributed by atoms with van der Waals surface area (Å²) in [5.74, 6) is -0.910. The smallest absolute Gasteiger partial charge is 0.325 e. The van der Waals surface area contributed by atoms with Crippen molar-refractivity contribution < 1.29 is 22.4 Å². The first kappa shape index (κ1) is 21.6. The topological polar surface area (TPSA) is 59.8 Å². The van der Waals surface area contributed by atoms with Crippen molar-refractivity contribution in [3.63, 3.8) is 0 Å². The highest BCUT2D eigenvalue weighted by Crippen LogP contribution is 2.41. The van der Waals surface area contributed by atoms with Gasteiger partial charge in [-0.1, -0.05) is 35.5 Å². The molecule has 0 spiro atoms. The molecule has 0 aliphatic heterocycles. The van der Waals surface area contributed by atoms with Gasteiger partial charge >= 0.3 is 6.18 Å². The van der Waals surface area contributed by atoms with Crippen LogP contribution in [-0.4, -0.2) is 26.4 Å². The van der Waals surface area contributed by atoms with Crippen LogP contribution in [0, 0.1) is 5.82 Å². The summed E-state index contributed by atoms with van der Waals surface area (Å²) in [6.07, 6.45) is -2.92. The van der Waals surface area contributed by atoms with Crippen LogP contribution in [0.1, 0.15) is 24.4 Å². The number of aromatic nitrogens is 3. The number of nitrogens with zero attached hydrogens (tertiary/aromatic N) is 3. The van der Waals surface area contributed by atoms with E-state index in [1.54, 1.807) is 22.8 Å². The molecule has 2 aromatic carbocycles. The third-order valence-corrected chi connectivity index (χ3v) is 5.76. The van der Waals surface area contributed by atoms with Crippen molar-refractivity contribution in [3.05, 3.63) is 58.9 Å². The second-order valence-corrected chi connectivity index (χ2v) is 8.29. The van der Waals surface area contributed by atoms with Crippen molar-refractivity contribution in [2.45, 2.75) is 30.2 Å². The van der Waals surface area contributed by atoms with E-state index in [2.05, 4.69) is 15.5 Å². The fraction of sp³-hybridized carbons (Fsp3) is 0.250. The Morgan fingerprint density at radius 3 is 2.61 bits per heavy atom. The molecule has 4 rings (SSSR count). The maximum absolute atomic E-state index is 14.2. The van der Waals surface area contributed by atoms with Gasteiger partial charge < -0.3 is 5.32 Å². The van der Waals surface area contributed by atoms with Crippen LogP contribution in [0.2, 0.25) is 5.02 Å². The first-order valence-corrected chi connectivity index (χ1v) is 10.6. The number of rotatable bonds is 6. The summed E-state index contributed by atoms with van der Waals surface area (Å²) < 4.78 is 55.6. The van der Waals surface area contributed by atoms with E-state index in [9.17, 15) is 22.4 Å². The number of nitrogens with one attached hydrogen (secondary N) is 1. The lowest BCUT2D eigenvalue weighted by Crippen LogP contribution is -2.18. The normalized spacial score (nSPS) is 14.0. The molecule has 5 nitrogen and oxygen atoms in total. The molecular formula is C20H15ClF4N4OS. The molecule has 1 aliphatic carbocycles. The van der Waals surface area contributed by atoms with Crippen LogP contribution in [0.5, 0.6) is 0 Å². The lowest BCUT2D eigenvalue weighted by molar-refractivity contribution is -0.137. The number of carbonyl (C=O) groups excluding carboxylic acids is 1. The number of hydrogen-bond acceptors (Lipinski definition) is 4. The lowest BCUT2D eigenvalue weighted by Gasteiger charge is -2.14. The fourth-order valence-corrected chi connectivity index (χ4v) is 4.02. The highest BCUT2D eigenvalue weighted by molar-refractivity contribution is 7.99. The summed E-state index contributed by atoms with van der Waals surface area (Å²) in [7, 11) is 0. The highest BCUT2D eigenvalue weighted by atomic mass is 35.5. The van der Waals surface area contributed by atoms with Gasteiger partial charge in [0.25, 0.3) is 0 Å². The van der Waals surface area contributed by atoms with Crippen molar-refractivity contribution in [3.8, 4) is 11.4 Å². The average Bonchev–Trinajstić information content (AvgIpc) is 3.47. The summed E-state index contributed by atoms with van der Waals surface area (Å²) in [6, 6.07) is 9.42. The molecule has 1 aromatic heterocycles. The van der Waals surface area contributed by atoms with E-state index in [1.165, 1.54) is 12.1 Å². The van der Waals surface area contributed by atoms with Gasteiger partial charge in [0.1, 0.15) is 5.82 Å². The Bertz CT molecular complexity index is 1130. The van der Waals surface area contributed by atoms with E-state index < -0.39 is 23.5 Å². The van der Waals surface area contributed by atoms with Gasteiger partial charge in [-0.05, 0) is 43.2 Å². The molecule has 1 saturated carbocycles. The van der Waals surface area contributed by atoms with Crippen LogP contribution in [0.25, 0.3) is 11.4 Å². The summed E-state index contributed by atoms with van der Waals surface area (Å²) >= 11 is 6.68. The van der Waals surface area contributed by atoms with Crippen molar-refractivity contribution in [2.24, 2.45) is 0 Å². The van der Waals surface area contributed by atoms with Gasteiger partial charge in [0.2, 0.25) is 5.91 Å². The minimum absolute atomic E-state index is 0.0853. The van der Waals surface area contributed by atoms with Crippen LogP contribution in [0.4, 0.5) is 23.2 Å². The zero-order valence-corrected chi connectivity index (χ0v) is 17.4. The minimum Gasteiger partial charge on any atom is -0.325 e. The molecule has 1 aliphatic rings. The molecule has 0 saturated heterocycles. The van der Waals surface area contributed by atoms with E-state index in [-0.39, 0.29) is 22.5 Å². The molecule has 1 N–H and O–H groups in total. The SMILES string of the molecule is O=C(CSc1nnc(-c2ccccc2F)n1C1CC1)Nc1ccc(Cl)cc1C(F)(F)F. The van der Waals surface area contributed by atoms with Gasteiger partial charge in [-0.2, -0.15) is 13.2 Å². The van der Waals surface area contributed by atoms with Crippen LogP contribution in [-0.2, 0) is 11.0 Å². The number of carbonyl (C=O) groups is 1. The van der Waals surface area contributed by atoms with Gasteiger partial charge in [0.15, 0.2) is 11.0 Å². The zero-order chi connectivity index (χ0) is 22.2. The third-order valence-electron chi connectivity index (χ3n) is 4.58. The first-order valence-electron chi connectivity index (χ1n) is 9.23.